The fourth-order valence-corrected chi connectivity index (χ4v) is 1.64. The van der Waals surface area contributed by atoms with E-state index in [0.29, 0.717) is 11.4 Å². The Morgan fingerprint density at radius 3 is 2.67 bits per heavy atom. The summed E-state index contributed by atoms with van der Waals surface area (Å²) in [6, 6.07) is 12.8. The van der Waals surface area contributed by atoms with Crippen LogP contribution in [0.5, 0.6) is 17.2 Å². The van der Waals surface area contributed by atoms with Gasteiger partial charge >= 0.3 is 0 Å². The molecule has 0 aliphatic carbocycles. The van der Waals surface area contributed by atoms with Crippen LogP contribution < -0.4 is 10.1 Å². The highest BCUT2D eigenvalue weighted by Crippen LogP contribution is 2.45. The van der Waals surface area contributed by atoms with Crippen molar-refractivity contribution in [1.82, 2.24) is 0 Å². The van der Waals surface area contributed by atoms with Crippen LogP contribution in [0.15, 0.2) is 42.5 Å². The Bertz CT molecular complexity index is 523. The first-order valence-electron chi connectivity index (χ1n) is 4.70. The fourth-order valence-electron chi connectivity index (χ4n) is 1.64. The summed E-state index contributed by atoms with van der Waals surface area (Å²) < 4.78 is 5.64. The molecule has 0 fully saturated rings. The van der Waals surface area contributed by atoms with Gasteiger partial charge < -0.3 is 15.2 Å². The molecule has 0 unspecified atom stereocenters. The molecule has 0 spiro atoms. The summed E-state index contributed by atoms with van der Waals surface area (Å²) in [5.41, 5.74) is 1.49. The zero-order valence-corrected chi connectivity index (χ0v) is 7.90. The number of phenols is 1. The van der Waals surface area contributed by atoms with Crippen molar-refractivity contribution in [2.24, 2.45) is 0 Å². The van der Waals surface area contributed by atoms with Gasteiger partial charge in [-0.1, -0.05) is 18.2 Å². The lowest BCUT2D eigenvalue weighted by Crippen LogP contribution is -2.02. The summed E-state index contributed by atoms with van der Waals surface area (Å²) >= 11 is 0. The molecule has 2 N–H and O–H groups in total. The lowest BCUT2D eigenvalue weighted by molar-refractivity contribution is 0.455. The molecule has 0 aromatic heterocycles. The first-order chi connectivity index (χ1) is 7.34. The summed E-state index contributed by atoms with van der Waals surface area (Å²) in [6.07, 6.45) is 0. The highest BCUT2D eigenvalue weighted by Gasteiger charge is 2.17. The third-order valence-electron chi connectivity index (χ3n) is 2.37. The quantitative estimate of drug-likeness (QED) is 0.546. The Morgan fingerprint density at radius 2 is 1.73 bits per heavy atom. The summed E-state index contributed by atoms with van der Waals surface area (Å²) in [7, 11) is 0. The normalized spacial score (nSPS) is 12.0. The van der Waals surface area contributed by atoms with E-state index in [-0.39, 0.29) is 5.75 Å². The van der Waals surface area contributed by atoms with Crippen LogP contribution in [0.2, 0.25) is 0 Å². The number of ether oxygens (including phenoxy) is 1. The van der Waals surface area contributed by atoms with E-state index in [1.807, 2.05) is 30.3 Å². The van der Waals surface area contributed by atoms with E-state index in [1.54, 1.807) is 12.1 Å². The van der Waals surface area contributed by atoms with Crippen LogP contribution in [-0.2, 0) is 0 Å². The molecule has 0 amide bonds. The van der Waals surface area contributed by atoms with Gasteiger partial charge in [-0.2, -0.15) is 0 Å². The molecule has 2 aromatic carbocycles. The maximum absolute atomic E-state index is 9.64. The van der Waals surface area contributed by atoms with Crippen molar-refractivity contribution in [3.05, 3.63) is 42.5 Å². The molecule has 0 saturated carbocycles. The van der Waals surface area contributed by atoms with E-state index in [9.17, 15) is 5.11 Å². The molecule has 1 aliphatic heterocycles. The number of rotatable bonds is 0. The Kier molecular flexibility index (Phi) is 1.59. The van der Waals surface area contributed by atoms with Crippen molar-refractivity contribution in [1.29, 1.82) is 0 Å². The van der Waals surface area contributed by atoms with Gasteiger partial charge in [0.1, 0.15) is 11.4 Å². The first kappa shape index (κ1) is 8.17. The van der Waals surface area contributed by atoms with E-state index >= 15 is 0 Å². The highest BCUT2D eigenvalue weighted by atomic mass is 16.5. The zero-order chi connectivity index (χ0) is 10.3. The molecule has 74 valence electrons. The molecule has 2 aromatic rings. The van der Waals surface area contributed by atoms with Crippen LogP contribution >= 0.6 is 0 Å². The Balaban J connectivity index is 2.15. The van der Waals surface area contributed by atoms with Crippen molar-refractivity contribution in [3.63, 3.8) is 0 Å². The van der Waals surface area contributed by atoms with Gasteiger partial charge in [-0.25, -0.2) is 0 Å². The maximum atomic E-state index is 9.64. The second-order valence-electron chi connectivity index (χ2n) is 3.37. The Labute approximate surface area is 86.9 Å². The number of hydrogen-bond donors (Lipinski definition) is 2. The first-order valence-corrected chi connectivity index (χ1v) is 4.70. The van der Waals surface area contributed by atoms with Gasteiger partial charge in [0.05, 0.1) is 5.69 Å². The molecular weight excluding hydrogens is 190 g/mol. The second kappa shape index (κ2) is 2.92. The fraction of sp³-hybridized carbons (Fsp3) is 0. The van der Waals surface area contributed by atoms with Crippen molar-refractivity contribution >= 4 is 11.4 Å². The minimum atomic E-state index is 0.196. The third kappa shape index (κ3) is 1.21. The average Bonchev–Trinajstić information content (AvgIpc) is 2.27. The van der Waals surface area contributed by atoms with Crippen LogP contribution in [0.25, 0.3) is 0 Å². The average molecular weight is 199 g/mol. The number of aromatic hydroxyl groups is 1. The monoisotopic (exact) mass is 199 g/mol. The molecule has 3 heteroatoms. The minimum Gasteiger partial charge on any atom is -0.506 e. The third-order valence-corrected chi connectivity index (χ3v) is 2.37. The van der Waals surface area contributed by atoms with Crippen molar-refractivity contribution < 1.29 is 9.84 Å². The molecule has 1 heterocycles. The summed E-state index contributed by atoms with van der Waals surface area (Å²) in [5.74, 6) is 1.62. The number of para-hydroxylation sites is 3. The molecule has 0 atom stereocenters. The van der Waals surface area contributed by atoms with Crippen LogP contribution in [0.3, 0.4) is 0 Å². The summed E-state index contributed by atoms with van der Waals surface area (Å²) in [5, 5.41) is 12.8. The molecule has 0 bridgehead atoms. The predicted octanol–water partition coefficient (Wildman–Crippen LogP) is 3.24. The topological polar surface area (TPSA) is 41.5 Å². The van der Waals surface area contributed by atoms with Crippen LogP contribution in [0, 0.1) is 0 Å². The van der Waals surface area contributed by atoms with Crippen molar-refractivity contribution in [2.75, 3.05) is 5.32 Å². The van der Waals surface area contributed by atoms with Gasteiger partial charge in [0, 0.05) is 0 Å². The highest BCUT2D eigenvalue weighted by molar-refractivity contribution is 5.79. The van der Waals surface area contributed by atoms with Gasteiger partial charge in [0.15, 0.2) is 11.5 Å². The van der Waals surface area contributed by atoms with E-state index in [2.05, 4.69) is 5.32 Å². The molecule has 0 saturated heterocycles. The standard InChI is InChI=1S/C12H9NO2/c14-9-5-3-7-11-12(9)13-8-4-1-2-6-10(8)15-11/h1-7,13-14H. The number of benzene rings is 2. The van der Waals surface area contributed by atoms with Crippen LogP contribution in [0.1, 0.15) is 0 Å². The predicted molar refractivity (Wildman–Crippen MR) is 57.9 cm³/mol. The largest absolute Gasteiger partial charge is 0.506 e. The maximum Gasteiger partial charge on any atom is 0.154 e. The molecule has 3 nitrogen and oxygen atoms in total. The smallest absolute Gasteiger partial charge is 0.154 e. The molecular formula is C12H9NO2. The number of anilines is 2. The van der Waals surface area contributed by atoms with Crippen LogP contribution in [-0.4, -0.2) is 5.11 Å². The van der Waals surface area contributed by atoms with Crippen molar-refractivity contribution in [2.45, 2.75) is 0 Å². The van der Waals surface area contributed by atoms with E-state index in [1.165, 1.54) is 0 Å². The Hall–Kier alpha value is -2.16. The van der Waals surface area contributed by atoms with Gasteiger partial charge in [-0.3, -0.25) is 0 Å². The number of fused-ring (bicyclic) bond motifs is 2. The number of hydrogen-bond acceptors (Lipinski definition) is 3. The van der Waals surface area contributed by atoms with Crippen molar-refractivity contribution in [3.8, 4) is 17.2 Å². The van der Waals surface area contributed by atoms with Crippen LogP contribution in [0.4, 0.5) is 11.4 Å². The van der Waals surface area contributed by atoms with E-state index in [0.717, 1.165) is 11.4 Å². The zero-order valence-electron chi connectivity index (χ0n) is 7.90. The molecule has 0 radical (unpaired) electrons. The summed E-state index contributed by atoms with van der Waals surface area (Å²) in [6.45, 7) is 0. The Morgan fingerprint density at radius 1 is 0.933 bits per heavy atom. The lowest BCUT2D eigenvalue weighted by atomic mass is 10.2. The van der Waals surface area contributed by atoms with Gasteiger partial charge in [0.2, 0.25) is 0 Å². The molecule has 3 rings (SSSR count). The number of nitrogens with one attached hydrogen (secondary N) is 1. The number of phenolic OH excluding ortho intramolecular Hbond substituents is 1. The van der Waals surface area contributed by atoms with E-state index in [4.69, 9.17) is 4.74 Å². The van der Waals surface area contributed by atoms with Gasteiger partial charge in [-0.05, 0) is 24.3 Å². The van der Waals surface area contributed by atoms with Gasteiger partial charge in [0.25, 0.3) is 0 Å². The summed E-state index contributed by atoms with van der Waals surface area (Å²) in [4.78, 5) is 0. The SMILES string of the molecule is Oc1cccc2c1Nc1ccccc1O2. The molecule has 1 aliphatic rings. The second-order valence-corrected chi connectivity index (χ2v) is 3.37. The van der Waals surface area contributed by atoms with E-state index < -0.39 is 0 Å². The molecule has 15 heavy (non-hydrogen) atoms. The van der Waals surface area contributed by atoms with Gasteiger partial charge in [-0.15, -0.1) is 0 Å². The minimum absolute atomic E-state index is 0.196. The lowest BCUT2D eigenvalue weighted by Gasteiger charge is -2.21.